The summed E-state index contributed by atoms with van der Waals surface area (Å²) in [6, 6.07) is 3.15. The SMILES string of the molecule is CC(C)Oc1ccc(C(=O)NC2(C(=O)O)CCOCC2)cn1. The summed E-state index contributed by atoms with van der Waals surface area (Å²) in [6.07, 6.45) is 1.86. The fourth-order valence-electron chi connectivity index (χ4n) is 2.23. The molecule has 0 saturated carbocycles. The number of aromatic nitrogens is 1. The summed E-state index contributed by atoms with van der Waals surface area (Å²) in [5.74, 6) is -1.09. The minimum absolute atomic E-state index is 0.00954. The first-order valence-electron chi connectivity index (χ1n) is 7.19. The number of carbonyl (C=O) groups is 2. The van der Waals surface area contributed by atoms with E-state index in [9.17, 15) is 14.7 Å². The van der Waals surface area contributed by atoms with Gasteiger partial charge in [-0.1, -0.05) is 0 Å². The fourth-order valence-corrected chi connectivity index (χ4v) is 2.23. The van der Waals surface area contributed by atoms with E-state index < -0.39 is 17.4 Å². The van der Waals surface area contributed by atoms with Gasteiger partial charge in [-0.15, -0.1) is 0 Å². The molecule has 7 heteroatoms. The molecule has 0 unspecified atom stereocenters. The topological polar surface area (TPSA) is 97.8 Å². The molecule has 1 aliphatic rings. The second-order valence-corrected chi connectivity index (χ2v) is 5.51. The van der Waals surface area contributed by atoms with Crippen LogP contribution in [0.3, 0.4) is 0 Å². The Labute approximate surface area is 128 Å². The molecule has 1 amide bonds. The van der Waals surface area contributed by atoms with Gasteiger partial charge in [0.1, 0.15) is 5.54 Å². The number of carboxylic acid groups (broad SMARTS) is 1. The van der Waals surface area contributed by atoms with Crippen molar-refractivity contribution in [3.8, 4) is 5.88 Å². The highest BCUT2D eigenvalue weighted by atomic mass is 16.5. The van der Waals surface area contributed by atoms with Gasteiger partial charge in [-0.25, -0.2) is 9.78 Å². The van der Waals surface area contributed by atoms with Crippen LogP contribution in [-0.2, 0) is 9.53 Å². The molecule has 1 aromatic heterocycles. The number of nitrogens with zero attached hydrogens (tertiary/aromatic N) is 1. The molecular formula is C15H20N2O5. The van der Waals surface area contributed by atoms with Crippen LogP contribution in [0.4, 0.5) is 0 Å². The number of rotatable bonds is 5. The Hall–Kier alpha value is -2.15. The number of ether oxygens (including phenoxy) is 2. The standard InChI is InChI=1S/C15H20N2O5/c1-10(2)22-12-4-3-11(9-16-12)13(18)17-15(14(19)20)5-7-21-8-6-15/h3-4,9-10H,5-8H2,1-2H3,(H,17,18)(H,19,20). The number of carbonyl (C=O) groups excluding carboxylic acids is 1. The highest BCUT2D eigenvalue weighted by Gasteiger charge is 2.41. The number of amides is 1. The molecule has 2 heterocycles. The molecule has 0 bridgehead atoms. The molecule has 0 atom stereocenters. The zero-order valence-electron chi connectivity index (χ0n) is 12.7. The van der Waals surface area contributed by atoms with Crippen molar-refractivity contribution in [3.63, 3.8) is 0 Å². The first-order chi connectivity index (χ1) is 10.4. The van der Waals surface area contributed by atoms with E-state index in [1.165, 1.54) is 6.20 Å². The maximum atomic E-state index is 12.3. The molecule has 22 heavy (non-hydrogen) atoms. The van der Waals surface area contributed by atoms with Gasteiger partial charge in [-0.05, 0) is 19.9 Å². The third kappa shape index (κ3) is 3.73. The molecule has 120 valence electrons. The van der Waals surface area contributed by atoms with Gasteiger partial charge in [-0.3, -0.25) is 4.79 Å². The van der Waals surface area contributed by atoms with Crippen molar-refractivity contribution in [1.29, 1.82) is 0 Å². The highest BCUT2D eigenvalue weighted by Crippen LogP contribution is 2.22. The van der Waals surface area contributed by atoms with E-state index in [0.29, 0.717) is 24.7 Å². The van der Waals surface area contributed by atoms with E-state index in [2.05, 4.69) is 10.3 Å². The number of hydrogen-bond donors (Lipinski definition) is 2. The normalized spacial score (nSPS) is 17.0. The van der Waals surface area contributed by atoms with Crippen LogP contribution < -0.4 is 10.1 Å². The van der Waals surface area contributed by atoms with Gasteiger partial charge in [0.25, 0.3) is 5.91 Å². The third-order valence-electron chi connectivity index (χ3n) is 3.46. The van der Waals surface area contributed by atoms with Crippen molar-refractivity contribution in [2.45, 2.75) is 38.3 Å². The Balaban J connectivity index is 2.08. The van der Waals surface area contributed by atoms with Crippen LogP contribution in [0.15, 0.2) is 18.3 Å². The van der Waals surface area contributed by atoms with Crippen molar-refractivity contribution in [2.24, 2.45) is 0 Å². The van der Waals surface area contributed by atoms with Crippen LogP contribution >= 0.6 is 0 Å². The number of carboxylic acids is 1. The monoisotopic (exact) mass is 308 g/mol. The average molecular weight is 308 g/mol. The second kappa shape index (κ2) is 6.74. The molecule has 1 saturated heterocycles. The fraction of sp³-hybridized carbons (Fsp3) is 0.533. The molecule has 2 rings (SSSR count). The Kier molecular flexibility index (Phi) is 4.97. The smallest absolute Gasteiger partial charge is 0.329 e. The van der Waals surface area contributed by atoms with Gasteiger partial charge in [0, 0.05) is 38.3 Å². The number of aliphatic carboxylic acids is 1. The summed E-state index contributed by atoms with van der Waals surface area (Å²) < 4.78 is 10.6. The van der Waals surface area contributed by atoms with Gasteiger partial charge >= 0.3 is 5.97 Å². The Morgan fingerprint density at radius 1 is 1.36 bits per heavy atom. The Morgan fingerprint density at radius 2 is 2.05 bits per heavy atom. The summed E-state index contributed by atoms with van der Waals surface area (Å²) in [5, 5.41) is 12.0. The van der Waals surface area contributed by atoms with Gasteiger partial charge in [-0.2, -0.15) is 0 Å². The summed E-state index contributed by atoms with van der Waals surface area (Å²) in [5.41, 5.74) is -0.981. The van der Waals surface area contributed by atoms with Crippen LogP contribution in [0.5, 0.6) is 5.88 Å². The van der Waals surface area contributed by atoms with E-state index in [1.54, 1.807) is 12.1 Å². The lowest BCUT2D eigenvalue weighted by molar-refractivity contribution is -0.148. The van der Waals surface area contributed by atoms with Crippen LogP contribution in [0, 0.1) is 0 Å². The zero-order valence-corrected chi connectivity index (χ0v) is 12.7. The molecule has 1 aromatic rings. The lowest BCUT2D eigenvalue weighted by atomic mass is 9.90. The molecule has 7 nitrogen and oxygen atoms in total. The van der Waals surface area contributed by atoms with Crippen molar-refractivity contribution in [2.75, 3.05) is 13.2 Å². The average Bonchev–Trinajstić information content (AvgIpc) is 2.48. The largest absolute Gasteiger partial charge is 0.480 e. The first kappa shape index (κ1) is 16.2. The number of pyridine rings is 1. The number of nitrogens with one attached hydrogen (secondary N) is 1. The summed E-state index contributed by atoms with van der Waals surface area (Å²) in [7, 11) is 0. The second-order valence-electron chi connectivity index (χ2n) is 5.51. The minimum atomic E-state index is -1.28. The molecule has 0 aromatic carbocycles. The van der Waals surface area contributed by atoms with Crippen molar-refractivity contribution >= 4 is 11.9 Å². The van der Waals surface area contributed by atoms with Crippen LogP contribution in [0.1, 0.15) is 37.0 Å². The van der Waals surface area contributed by atoms with Crippen molar-refractivity contribution < 1.29 is 24.2 Å². The lowest BCUT2D eigenvalue weighted by Gasteiger charge is -2.33. The predicted octanol–water partition coefficient (Wildman–Crippen LogP) is 1.23. The molecule has 1 fully saturated rings. The summed E-state index contributed by atoms with van der Waals surface area (Å²) in [6.45, 7) is 4.38. The molecular weight excluding hydrogens is 288 g/mol. The maximum absolute atomic E-state index is 12.3. The molecule has 1 aliphatic heterocycles. The third-order valence-corrected chi connectivity index (χ3v) is 3.46. The minimum Gasteiger partial charge on any atom is -0.480 e. The van der Waals surface area contributed by atoms with Crippen LogP contribution in [0.25, 0.3) is 0 Å². The first-order valence-corrected chi connectivity index (χ1v) is 7.19. The van der Waals surface area contributed by atoms with Gasteiger partial charge < -0.3 is 19.9 Å². The molecule has 0 spiro atoms. The molecule has 0 aliphatic carbocycles. The maximum Gasteiger partial charge on any atom is 0.329 e. The van der Waals surface area contributed by atoms with E-state index in [0.717, 1.165) is 0 Å². The van der Waals surface area contributed by atoms with Gasteiger partial charge in [0.2, 0.25) is 5.88 Å². The summed E-state index contributed by atoms with van der Waals surface area (Å²) in [4.78, 5) is 27.8. The highest BCUT2D eigenvalue weighted by molar-refractivity contribution is 5.97. The van der Waals surface area contributed by atoms with Crippen molar-refractivity contribution in [3.05, 3.63) is 23.9 Å². The van der Waals surface area contributed by atoms with E-state index >= 15 is 0 Å². The summed E-state index contributed by atoms with van der Waals surface area (Å²) >= 11 is 0. The Bertz CT molecular complexity index is 535. The number of hydrogen-bond acceptors (Lipinski definition) is 5. The van der Waals surface area contributed by atoms with Crippen LogP contribution in [0.2, 0.25) is 0 Å². The van der Waals surface area contributed by atoms with E-state index in [-0.39, 0.29) is 18.9 Å². The van der Waals surface area contributed by atoms with Gasteiger partial charge in [0.15, 0.2) is 0 Å². The molecule has 0 radical (unpaired) electrons. The van der Waals surface area contributed by atoms with E-state index in [4.69, 9.17) is 9.47 Å². The molecule has 2 N–H and O–H groups in total. The lowest BCUT2D eigenvalue weighted by Crippen LogP contribution is -2.57. The predicted molar refractivity (Wildman–Crippen MR) is 77.9 cm³/mol. The Morgan fingerprint density at radius 3 is 2.55 bits per heavy atom. The van der Waals surface area contributed by atoms with Crippen molar-refractivity contribution in [1.82, 2.24) is 10.3 Å². The van der Waals surface area contributed by atoms with Gasteiger partial charge in [0.05, 0.1) is 11.7 Å². The zero-order chi connectivity index (χ0) is 16.2. The quantitative estimate of drug-likeness (QED) is 0.849. The van der Waals surface area contributed by atoms with E-state index in [1.807, 2.05) is 13.8 Å². The van der Waals surface area contributed by atoms with Crippen LogP contribution in [-0.4, -0.2) is 46.8 Å².